The van der Waals surface area contributed by atoms with Crippen molar-refractivity contribution in [1.82, 2.24) is 0 Å². The second-order valence-electron chi connectivity index (χ2n) is 4.46. The normalized spacial score (nSPS) is 21.9. The number of quaternary nitrogens is 1. The summed E-state index contributed by atoms with van der Waals surface area (Å²) < 4.78 is 0. The molecule has 0 bridgehead atoms. The lowest BCUT2D eigenvalue weighted by Gasteiger charge is -2.07. The molecule has 1 aliphatic heterocycles. The molecule has 1 fully saturated rings. The molecular formula is C13H16Cl2N2O2S. The minimum atomic E-state index is -0.290. The smallest absolute Gasteiger partial charge is 0.381 e. The highest BCUT2D eigenvalue weighted by molar-refractivity contribution is 8.14. The minimum absolute atomic E-state index is 0. The Morgan fingerprint density at radius 3 is 2.50 bits per heavy atom. The van der Waals surface area contributed by atoms with Crippen LogP contribution in [0.5, 0.6) is 0 Å². The summed E-state index contributed by atoms with van der Waals surface area (Å²) in [6, 6.07) is 7.36. The average Bonchev–Trinajstić information content (AvgIpc) is 2.65. The third kappa shape index (κ3) is 4.20. The Hall–Kier alpha value is -0.590. The molecule has 1 aromatic rings. The first-order valence-electron chi connectivity index (χ1n) is 6.17. The van der Waals surface area contributed by atoms with Gasteiger partial charge in [0.05, 0.1) is 6.54 Å². The molecule has 1 saturated heterocycles. The topological polar surface area (TPSA) is 64.6 Å². The Bertz CT molecular complexity index is 482. The second-order valence-corrected chi connectivity index (χ2v) is 6.07. The van der Waals surface area contributed by atoms with Gasteiger partial charge < -0.3 is 18.1 Å². The summed E-state index contributed by atoms with van der Waals surface area (Å²) in [5.41, 5.74) is 6.43. The first-order chi connectivity index (χ1) is 9.11. The van der Waals surface area contributed by atoms with Gasteiger partial charge in [-0.15, -0.1) is 0 Å². The molecule has 0 saturated carbocycles. The van der Waals surface area contributed by atoms with E-state index in [1.807, 2.05) is 12.1 Å². The molecule has 2 rings (SSSR count). The number of nitrogens with two attached hydrogens (primary N) is 1. The van der Waals surface area contributed by atoms with E-state index in [9.17, 15) is 9.59 Å². The lowest BCUT2D eigenvalue weighted by Crippen LogP contribution is -3.15. The zero-order valence-corrected chi connectivity index (χ0v) is 13.1. The van der Waals surface area contributed by atoms with Gasteiger partial charge >= 0.3 is 11.1 Å². The van der Waals surface area contributed by atoms with E-state index in [1.165, 1.54) is 0 Å². The predicted molar refractivity (Wildman–Crippen MR) is 76.4 cm³/mol. The van der Waals surface area contributed by atoms with Crippen LogP contribution in [0, 0.1) is 0 Å². The van der Waals surface area contributed by atoms with Gasteiger partial charge in [-0.05, 0) is 42.4 Å². The number of halogens is 2. The number of hydrogen-bond donors (Lipinski definition) is 2. The lowest BCUT2D eigenvalue weighted by atomic mass is 10.1. The Labute approximate surface area is 133 Å². The van der Waals surface area contributed by atoms with Crippen LogP contribution in [0.15, 0.2) is 24.3 Å². The Kier molecular flexibility index (Phi) is 6.99. The highest BCUT2D eigenvalue weighted by atomic mass is 35.5. The summed E-state index contributed by atoms with van der Waals surface area (Å²) >= 11 is 6.95. The van der Waals surface area contributed by atoms with Gasteiger partial charge in [-0.1, -0.05) is 23.7 Å². The second kappa shape index (κ2) is 8.00. The van der Waals surface area contributed by atoms with E-state index in [2.05, 4.69) is 0 Å². The van der Waals surface area contributed by atoms with E-state index in [0.717, 1.165) is 17.3 Å². The van der Waals surface area contributed by atoms with Crippen LogP contribution < -0.4 is 23.0 Å². The fraction of sp³-hybridized carbons (Fsp3) is 0.385. The number of rotatable bonds is 5. The van der Waals surface area contributed by atoms with Gasteiger partial charge in [0.1, 0.15) is 5.25 Å². The van der Waals surface area contributed by atoms with Crippen molar-refractivity contribution in [3.63, 3.8) is 0 Å². The Morgan fingerprint density at radius 1 is 1.25 bits per heavy atom. The predicted octanol–water partition coefficient (Wildman–Crippen LogP) is -2.12. The van der Waals surface area contributed by atoms with E-state index in [-0.39, 0.29) is 28.8 Å². The van der Waals surface area contributed by atoms with Crippen molar-refractivity contribution in [2.75, 3.05) is 13.1 Å². The Morgan fingerprint density at radius 2 is 1.90 bits per heavy atom. The number of hydrogen-bond acceptors (Lipinski definition) is 4. The summed E-state index contributed by atoms with van der Waals surface area (Å²) in [4.78, 5) is 24.4. The monoisotopic (exact) mass is 334 g/mol. The number of benzene rings is 1. The molecule has 1 aromatic carbocycles. The zero-order chi connectivity index (χ0) is 13.8. The van der Waals surface area contributed by atoms with Gasteiger partial charge in [0.15, 0.2) is 0 Å². The van der Waals surface area contributed by atoms with Crippen LogP contribution in [0.25, 0.3) is 0 Å². The highest BCUT2D eigenvalue weighted by Gasteiger charge is 2.45. The number of amides is 2. The number of carbonyl (C=O) groups is 2. The van der Waals surface area contributed by atoms with Gasteiger partial charge in [0, 0.05) is 11.4 Å². The van der Waals surface area contributed by atoms with Crippen LogP contribution >= 0.6 is 23.4 Å². The van der Waals surface area contributed by atoms with Gasteiger partial charge in [0.2, 0.25) is 0 Å². The molecule has 0 aliphatic carbocycles. The summed E-state index contributed by atoms with van der Waals surface area (Å²) in [5.74, 6) is -0.0293. The Balaban J connectivity index is 0.00000200. The van der Waals surface area contributed by atoms with Crippen molar-refractivity contribution < 1.29 is 26.9 Å². The molecule has 1 aliphatic rings. The van der Waals surface area contributed by atoms with Crippen LogP contribution in [0.1, 0.15) is 12.0 Å². The quantitative estimate of drug-likeness (QED) is 0.646. The van der Waals surface area contributed by atoms with Crippen molar-refractivity contribution >= 4 is 34.5 Å². The van der Waals surface area contributed by atoms with Crippen molar-refractivity contribution in [2.24, 2.45) is 5.73 Å². The number of nitrogens with one attached hydrogen (secondary N) is 1. The highest BCUT2D eigenvalue weighted by Crippen LogP contribution is 2.21. The SMILES string of the molecule is NCCC[NH+]1C(=O)SC(Cc2ccc(Cl)cc2)C1=O.[Cl-]. The molecule has 0 spiro atoms. The molecule has 20 heavy (non-hydrogen) atoms. The number of carbonyl (C=O) groups excluding carboxylic acids is 2. The molecule has 2 atom stereocenters. The third-order valence-electron chi connectivity index (χ3n) is 3.05. The molecule has 2 unspecified atom stereocenters. The zero-order valence-electron chi connectivity index (χ0n) is 10.8. The van der Waals surface area contributed by atoms with Crippen molar-refractivity contribution in [1.29, 1.82) is 0 Å². The summed E-state index contributed by atoms with van der Waals surface area (Å²) in [6.07, 6.45) is 1.25. The molecule has 0 radical (unpaired) electrons. The summed E-state index contributed by atoms with van der Waals surface area (Å²) in [7, 11) is 0. The molecule has 3 N–H and O–H groups in total. The summed E-state index contributed by atoms with van der Waals surface area (Å²) in [6.45, 7) is 0.995. The van der Waals surface area contributed by atoms with Crippen molar-refractivity contribution in [3.8, 4) is 0 Å². The van der Waals surface area contributed by atoms with E-state index < -0.39 is 0 Å². The largest absolute Gasteiger partial charge is 1.00 e. The maximum absolute atomic E-state index is 12.1. The van der Waals surface area contributed by atoms with Crippen molar-refractivity contribution in [2.45, 2.75) is 18.1 Å². The number of thioether (sulfide) groups is 1. The molecule has 2 amide bonds. The fourth-order valence-corrected chi connectivity index (χ4v) is 3.28. The van der Waals surface area contributed by atoms with E-state index in [0.29, 0.717) is 35.9 Å². The first kappa shape index (κ1) is 17.5. The van der Waals surface area contributed by atoms with Crippen LogP contribution in [0.4, 0.5) is 4.79 Å². The van der Waals surface area contributed by atoms with Crippen LogP contribution in [0.2, 0.25) is 5.02 Å². The first-order valence-corrected chi connectivity index (χ1v) is 7.43. The molecule has 110 valence electrons. The molecule has 4 nitrogen and oxygen atoms in total. The summed E-state index contributed by atoms with van der Waals surface area (Å²) in [5, 5.41) is 0.291. The third-order valence-corrected chi connectivity index (χ3v) is 4.43. The molecule has 1 heterocycles. The van der Waals surface area contributed by atoms with Gasteiger partial charge in [-0.3, -0.25) is 0 Å². The maximum atomic E-state index is 12.1. The van der Waals surface area contributed by atoms with Crippen LogP contribution in [0.3, 0.4) is 0 Å². The fourth-order valence-electron chi connectivity index (χ4n) is 2.02. The molecule has 7 heteroatoms. The molecular weight excluding hydrogens is 319 g/mol. The molecule has 0 aromatic heterocycles. The van der Waals surface area contributed by atoms with E-state index in [1.54, 1.807) is 12.1 Å². The van der Waals surface area contributed by atoms with Crippen molar-refractivity contribution in [3.05, 3.63) is 34.9 Å². The van der Waals surface area contributed by atoms with Gasteiger partial charge in [0.25, 0.3) is 0 Å². The lowest BCUT2D eigenvalue weighted by molar-refractivity contribution is -0.722. The van der Waals surface area contributed by atoms with E-state index >= 15 is 0 Å². The van der Waals surface area contributed by atoms with Gasteiger partial charge in [-0.2, -0.15) is 4.90 Å². The minimum Gasteiger partial charge on any atom is -1.00 e. The van der Waals surface area contributed by atoms with E-state index in [4.69, 9.17) is 17.3 Å². The maximum Gasteiger partial charge on any atom is 0.381 e. The van der Waals surface area contributed by atoms with Gasteiger partial charge in [-0.25, -0.2) is 9.59 Å². The van der Waals surface area contributed by atoms with Crippen LogP contribution in [-0.4, -0.2) is 29.5 Å². The standard InChI is InChI=1S/C13H15ClN2O2S.ClH/c14-10-4-2-9(3-5-10)8-11-12(17)16(7-1-6-15)13(18)19-11;/h2-5,11H,1,6-8,15H2;1H. The average molecular weight is 335 g/mol. The van der Waals surface area contributed by atoms with Crippen LogP contribution in [-0.2, 0) is 11.2 Å². The number of imide groups is 1.